The molecule has 2 aromatic carbocycles. The number of carbonyl (C=O) groups excluding carboxylic acids is 2. The molecular formula is C27H31FN2O2S. The van der Waals surface area contributed by atoms with Crippen LogP contribution in [-0.2, 0) is 16.1 Å². The summed E-state index contributed by atoms with van der Waals surface area (Å²) in [6.07, 6.45) is 4.39. The van der Waals surface area contributed by atoms with Crippen molar-refractivity contribution in [2.24, 2.45) is 5.92 Å². The van der Waals surface area contributed by atoms with Crippen molar-refractivity contribution in [2.45, 2.75) is 50.9 Å². The lowest BCUT2D eigenvalue weighted by molar-refractivity contribution is -0.139. The van der Waals surface area contributed by atoms with Crippen LogP contribution in [0.1, 0.15) is 44.2 Å². The van der Waals surface area contributed by atoms with Gasteiger partial charge in [-0.1, -0.05) is 42.5 Å². The summed E-state index contributed by atoms with van der Waals surface area (Å²) in [6, 6.07) is 16.2. The molecule has 0 spiro atoms. The van der Waals surface area contributed by atoms with Gasteiger partial charge in [-0.05, 0) is 62.4 Å². The van der Waals surface area contributed by atoms with Crippen LogP contribution in [0, 0.1) is 11.7 Å². The van der Waals surface area contributed by atoms with Crippen LogP contribution in [0.15, 0.2) is 59.5 Å². The second-order valence-corrected chi connectivity index (χ2v) is 10.0. The first-order chi connectivity index (χ1) is 16.0. The first-order valence-corrected chi connectivity index (χ1v) is 12.7. The van der Waals surface area contributed by atoms with E-state index >= 15 is 0 Å². The third-order valence-electron chi connectivity index (χ3n) is 6.69. The molecule has 0 bridgehead atoms. The molecule has 33 heavy (non-hydrogen) atoms. The number of fused-ring (bicyclic) bond motifs is 1. The topological polar surface area (TPSA) is 40.6 Å². The lowest BCUT2D eigenvalue weighted by Gasteiger charge is -2.46. The highest BCUT2D eigenvalue weighted by molar-refractivity contribution is 8.04. The summed E-state index contributed by atoms with van der Waals surface area (Å²) in [4.78, 5) is 31.3. The van der Waals surface area contributed by atoms with Crippen molar-refractivity contribution in [3.8, 4) is 0 Å². The van der Waals surface area contributed by atoms with E-state index in [0.717, 1.165) is 28.9 Å². The first kappa shape index (κ1) is 23.6. The number of halogens is 1. The van der Waals surface area contributed by atoms with Gasteiger partial charge in [-0.2, -0.15) is 0 Å². The van der Waals surface area contributed by atoms with Crippen molar-refractivity contribution in [3.05, 3.63) is 76.4 Å². The van der Waals surface area contributed by atoms with E-state index in [1.165, 1.54) is 12.1 Å². The van der Waals surface area contributed by atoms with Crippen LogP contribution in [-0.4, -0.2) is 46.0 Å². The van der Waals surface area contributed by atoms with Gasteiger partial charge in [0.1, 0.15) is 5.82 Å². The van der Waals surface area contributed by atoms with Gasteiger partial charge in [-0.25, -0.2) is 4.39 Å². The molecule has 1 aliphatic heterocycles. The van der Waals surface area contributed by atoms with Gasteiger partial charge in [0, 0.05) is 36.8 Å². The summed E-state index contributed by atoms with van der Waals surface area (Å²) >= 11 is 1.65. The number of amides is 2. The minimum Gasteiger partial charge on any atom is -0.343 e. The Morgan fingerprint density at radius 3 is 2.45 bits per heavy atom. The Bertz CT molecular complexity index is 1000. The zero-order chi connectivity index (χ0) is 23.4. The first-order valence-electron chi connectivity index (χ1n) is 11.8. The van der Waals surface area contributed by atoms with Crippen LogP contribution in [0.3, 0.4) is 0 Å². The Balaban J connectivity index is 1.62. The van der Waals surface area contributed by atoms with Crippen LogP contribution < -0.4 is 0 Å². The van der Waals surface area contributed by atoms with Crippen molar-refractivity contribution < 1.29 is 14.0 Å². The number of thioether (sulfide) groups is 1. The third kappa shape index (κ3) is 5.32. The summed E-state index contributed by atoms with van der Waals surface area (Å²) in [7, 11) is 0. The number of rotatable bonds is 6. The van der Waals surface area contributed by atoms with Crippen molar-refractivity contribution in [1.29, 1.82) is 0 Å². The third-order valence-corrected chi connectivity index (χ3v) is 8.09. The number of hydrogen-bond acceptors (Lipinski definition) is 3. The maximum atomic E-state index is 13.6. The minimum atomic E-state index is -0.288. The Morgan fingerprint density at radius 2 is 1.79 bits per heavy atom. The molecule has 3 unspecified atom stereocenters. The highest BCUT2D eigenvalue weighted by Gasteiger charge is 2.44. The maximum absolute atomic E-state index is 13.6. The molecule has 0 aromatic heterocycles. The Morgan fingerprint density at radius 1 is 1.09 bits per heavy atom. The van der Waals surface area contributed by atoms with Crippen molar-refractivity contribution >= 4 is 29.7 Å². The Labute approximate surface area is 199 Å². The van der Waals surface area contributed by atoms with E-state index in [1.54, 1.807) is 23.9 Å². The largest absolute Gasteiger partial charge is 0.343 e. The number of nitrogens with zero attached hydrogens (tertiary/aromatic N) is 2. The molecule has 2 aromatic rings. The van der Waals surface area contributed by atoms with E-state index in [0.29, 0.717) is 26.1 Å². The van der Waals surface area contributed by atoms with Gasteiger partial charge >= 0.3 is 0 Å². The number of carbonyl (C=O) groups is 2. The molecule has 0 N–H and O–H groups in total. The van der Waals surface area contributed by atoms with E-state index < -0.39 is 0 Å². The molecule has 2 fully saturated rings. The average Bonchev–Trinajstić information content (AvgIpc) is 2.84. The summed E-state index contributed by atoms with van der Waals surface area (Å²) in [5, 5.41) is 0.249. The van der Waals surface area contributed by atoms with Gasteiger partial charge in [-0.3, -0.25) is 9.59 Å². The fraction of sp³-hybridized carbons (Fsp3) is 0.407. The second kappa shape index (κ2) is 10.6. The Hall–Kier alpha value is -2.60. The van der Waals surface area contributed by atoms with Gasteiger partial charge in [0.05, 0.1) is 4.91 Å². The van der Waals surface area contributed by atoms with E-state index in [2.05, 4.69) is 0 Å². The molecule has 4 nitrogen and oxygen atoms in total. The molecule has 0 radical (unpaired) electrons. The fourth-order valence-corrected chi connectivity index (χ4v) is 6.30. The van der Waals surface area contributed by atoms with Crippen LogP contribution in [0.4, 0.5) is 4.39 Å². The van der Waals surface area contributed by atoms with Gasteiger partial charge in [0.15, 0.2) is 0 Å². The number of benzene rings is 2. The molecule has 1 saturated carbocycles. The average molecular weight is 467 g/mol. The highest BCUT2D eigenvalue weighted by Crippen LogP contribution is 2.44. The highest BCUT2D eigenvalue weighted by atomic mass is 32.2. The zero-order valence-electron chi connectivity index (χ0n) is 19.2. The summed E-state index contributed by atoms with van der Waals surface area (Å²) in [5.41, 5.74) is 1.89. The molecule has 4 rings (SSSR count). The molecule has 1 saturated heterocycles. The fourth-order valence-electron chi connectivity index (χ4n) is 4.88. The van der Waals surface area contributed by atoms with E-state index in [1.807, 2.05) is 60.1 Å². The zero-order valence-corrected chi connectivity index (χ0v) is 20.1. The van der Waals surface area contributed by atoms with Gasteiger partial charge < -0.3 is 9.80 Å². The quantitative estimate of drug-likeness (QED) is 0.539. The van der Waals surface area contributed by atoms with E-state index in [9.17, 15) is 14.0 Å². The monoisotopic (exact) mass is 466 g/mol. The standard InChI is InChI=1S/C27H31FN2O2S/c1-3-29(4-2)26(31)21-12-15-24-23(17-21)30(18-20-10-13-22(28)14-11-20)27(32)25(33-24)16-19-8-6-5-7-9-19/h5-11,13-14,16,21,23-24H,3-4,12,15,17-18H2,1-2H3/b25-16-. The van der Waals surface area contributed by atoms with Crippen LogP contribution in [0.25, 0.3) is 6.08 Å². The van der Waals surface area contributed by atoms with Gasteiger partial charge in [0.2, 0.25) is 5.91 Å². The van der Waals surface area contributed by atoms with Crippen LogP contribution in [0.2, 0.25) is 0 Å². The van der Waals surface area contributed by atoms with Crippen molar-refractivity contribution in [2.75, 3.05) is 13.1 Å². The Kier molecular flexibility index (Phi) is 7.53. The SMILES string of the molecule is CCN(CC)C(=O)C1CCC2S/C(=C\c3ccccc3)C(=O)N(Cc3ccc(F)cc3)C2C1. The molecule has 6 heteroatoms. The molecule has 3 atom stereocenters. The summed E-state index contributed by atoms with van der Waals surface area (Å²) in [5.74, 6) is -0.159. The predicted octanol–water partition coefficient (Wildman–Crippen LogP) is 5.35. The molecular weight excluding hydrogens is 435 g/mol. The minimum absolute atomic E-state index is 0.00892. The second-order valence-electron chi connectivity index (χ2n) is 8.72. The lowest BCUT2D eigenvalue weighted by atomic mass is 9.83. The lowest BCUT2D eigenvalue weighted by Crippen LogP contribution is -2.54. The molecule has 174 valence electrons. The van der Waals surface area contributed by atoms with Crippen molar-refractivity contribution in [1.82, 2.24) is 9.80 Å². The number of hydrogen-bond donors (Lipinski definition) is 0. The van der Waals surface area contributed by atoms with E-state index in [4.69, 9.17) is 0 Å². The van der Waals surface area contributed by atoms with Gasteiger partial charge in [0.25, 0.3) is 5.91 Å². The van der Waals surface area contributed by atoms with E-state index in [-0.39, 0.29) is 34.8 Å². The van der Waals surface area contributed by atoms with Crippen LogP contribution >= 0.6 is 11.8 Å². The van der Waals surface area contributed by atoms with Crippen LogP contribution in [0.5, 0.6) is 0 Å². The molecule has 2 amide bonds. The molecule has 1 aliphatic carbocycles. The van der Waals surface area contributed by atoms with Gasteiger partial charge in [-0.15, -0.1) is 11.8 Å². The normalized spacial score (nSPS) is 24.0. The summed E-state index contributed by atoms with van der Waals surface area (Å²) < 4.78 is 13.5. The molecule has 1 heterocycles. The maximum Gasteiger partial charge on any atom is 0.260 e. The predicted molar refractivity (Wildman–Crippen MR) is 132 cm³/mol. The van der Waals surface area contributed by atoms with Crippen molar-refractivity contribution in [3.63, 3.8) is 0 Å². The smallest absolute Gasteiger partial charge is 0.260 e. The summed E-state index contributed by atoms with van der Waals surface area (Å²) in [6.45, 7) is 5.84. The molecule has 2 aliphatic rings.